The second-order valence-corrected chi connectivity index (χ2v) is 9.11. The number of rotatable bonds is 7. The maximum absolute atomic E-state index is 12.4. The first kappa shape index (κ1) is 20.5. The number of ether oxygens (including phenoxy) is 2. The highest BCUT2D eigenvalue weighted by molar-refractivity contribution is 9.10. The van der Waals surface area contributed by atoms with Gasteiger partial charge in [-0.05, 0) is 81.6 Å². The molecule has 0 aliphatic rings. The molecule has 0 fully saturated rings. The third-order valence-corrected chi connectivity index (χ3v) is 5.80. The van der Waals surface area contributed by atoms with E-state index in [1.54, 1.807) is 0 Å². The zero-order valence-electron chi connectivity index (χ0n) is 15.1. The molecular weight excluding hydrogens is 378 g/mol. The van der Waals surface area contributed by atoms with Gasteiger partial charge in [0.2, 0.25) is 0 Å². The van der Waals surface area contributed by atoms with Crippen molar-refractivity contribution in [2.75, 3.05) is 13.2 Å². The van der Waals surface area contributed by atoms with Crippen molar-refractivity contribution in [2.24, 2.45) is 0 Å². The summed E-state index contributed by atoms with van der Waals surface area (Å²) >= 11 is 3.57. The minimum absolute atomic E-state index is 0.0819. The lowest BCUT2D eigenvalue weighted by atomic mass is 10.0. The fraction of sp³-hybridized carbons (Fsp3) is 0.647. The lowest BCUT2D eigenvalue weighted by molar-refractivity contribution is 0.316. The van der Waals surface area contributed by atoms with Crippen LogP contribution in [0.5, 0.6) is 11.5 Å². The number of hydrogen-bond acceptors (Lipinski definition) is 3. The summed E-state index contributed by atoms with van der Waals surface area (Å²) in [6.45, 7) is 14.9. The number of benzene rings is 1. The first-order chi connectivity index (χ1) is 10.6. The van der Waals surface area contributed by atoms with Crippen LogP contribution in [0.3, 0.4) is 0 Å². The molecule has 0 amide bonds. The largest absolute Gasteiger partial charge is 0.493 e. The van der Waals surface area contributed by atoms with Gasteiger partial charge in [-0.2, -0.15) is 0 Å². The van der Waals surface area contributed by atoms with Crippen LogP contribution in [0.15, 0.2) is 10.5 Å². The zero-order chi connectivity index (χ0) is 17.8. The lowest BCUT2D eigenvalue weighted by Gasteiger charge is -2.25. The molecule has 132 valence electrons. The van der Waals surface area contributed by atoms with Crippen LogP contribution in [0.25, 0.3) is 0 Å². The van der Waals surface area contributed by atoms with Crippen LogP contribution in [-0.4, -0.2) is 22.2 Å². The van der Waals surface area contributed by atoms with Crippen LogP contribution >= 0.6 is 15.9 Å². The first-order valence-electron chi connectivity index (χ1n) is 7.90. The highest BCUT2D eigenvalue weighted by Crippen LogP contribution is 2.41. The molecule has 4 nitrogen and oxygen atoms in total. The average molecular weight is 406 g/mol. The Balaban J connectivity index is 3.26. The maximum Gasteiger partial charge on any atom is 0.140 e. The summed E-state index contributed by atoms with van der Waals surface area (Å²) in [5, 5.41) is 0. The van der Waals surface area contributed by atoms with Crippen LogP contribution < -0.4 is 14.2 Å². The summed E-state index contributed by atoms with van der Waals surface area (Å²) in [5.41, 5.74) is 2.05. The zero-order valence-corrected chi connectivity index (χ0v) is 17.5. The Hall–Kier alpha value is -0.590. The van der Waals surface area contributed by atoms with E-state index in [0.717, 1.165) is 27.1 Å². The van der Waals surface area contributed by atoms with Crippen molar-refractivity contribution >= 4 is 26.9 Å². The maximum atomic E-state index is 12.4. The van der Waals surface area contributed by atoms with Gasteiger partial charge in [-0.1, -0.05) is 0 Å². The SMILES string of the molecule is CCOc1cc([C@@H](C)N[S@@](=O)C(C)(C)C)c(C)c(OCC)c1Br. The normalized spacial score (nSPS) is 14.4. The van der Waals surface area contributed by atoms with Crippen molar-refractivity contribution in [3.05, 3.63) is 21.7 Å². The summed E-state index contributed by atoms with van der Waals surface area (Å²) in [7, 11) is -1.15. The standard InChI is InChI=1S/C17H28BrNO3S/c1-8-21-14-10-13(11(3)16(15(14)18)22-9-2)12(4)19-23(20)17(5,6)7/h10,12,19H,8-9H2,1-7H3/t12-,23+/m1/s1. The molecule has 0 heterocycles. The Bertz CT molecular complexity index is 570. The number of nitrogens with one attached hydrogen (secondary N) is 1. The molecule has 23 heavy (non-hydrogen) atoms. The molecule has 1 rings (SSSR count). The molecule has 1 N–H and O–H groups in total. The molecular formula is C17H28BrNO3S. The molecule has 0 aromatic heterocycles. The summed E-state index contributed by atoms with van der Waals surface area (Å²) in [6, 6.07) is 1.91. The van der Waals surface area contributed by atoms with Crippen LogP contribution in [0, 0.1) is 6.92 Å². The minimum atomic E-state index is -1.15. The van der Waals surface area contributed by atoms with Gasteiger partial charge in [-0.25, -0.2) is 8.93 Å². The number of hydrogen-bond donors (Lipinski definition) is 1. The molecule has 1 aromatic carbocycles. The van der Waals surface area contributed by atoms with E-state index < -0.39 is 11.0 Å². The van der Waals surface area contributed by atoms with Crippen LogP contribution in [0.2, 0.25) is 0 Å². The third kappa shape index (κ3) is 5.19. The molecule has 6 heteroatoms. The lowest BCUT2D eigenvalue weighted by Crippen LogP contribution is -2.35. The summed E-state index contributed by atoms with van der Waals surface area (Å²) in [4.78, 5) is 0. The predicted molar refractivity (Wildman–Crippen MR) is 101 cm³/mol. The van der Waals surface area contributed by atoms with Crippen LogP contribution in [0.4, 0.5) is 0 Å². The quantitative estimate of drug-likeness (QED) is 0.716. The molecule has 0 saturated carbocycles. The summed E-state index contributed by atoms with van der Waals surface area (Å²) in [5.74, 6) is 1.52. The molecule has 0 radical (unpaired) electrons. The second kappa shape index (κ2) is 8.49. The van der Waals surface area contributed by atoms with E-state index in [0.29, 0.717) is 13.2 Å². The van der Waals surface area contributed by atoms with Crippen LogP contribution in [0.1, 0.15) is 58.7 Å². The van der Waals surface area contributed by atoms with Gasteiger partial charge in [-0.3, -0.25) is 0 Å². The van der Waals surface area contributed by atoms with Crippen molar-refractivity contribution < 1.29 is 13.7 Å². The van der Waals surface area contributed by atoms with Gasteiger partial charge in [0.05, 0.1) is 28.9 Å². The Morgan fingerprint density at radius 1 is 1.26 bits per heavy atom. The molecule has 1 aromatic rings. The molecule has 0 spiro atoms. The van der Waals surface area contributed by atoms with Crippen molar-refractivity contribution in [3.8, 4) is 11.5 Å². The average Bonchev–Trinajstić information content (AvgIpc) is 2.45. The Morgan fingerprint density at radius 3 is 2.30 bits per heavy atom. The van der Waals surface area contributed by atoms with Crippen molar-refractivity contribution in [3.63, 3.8) is 0 Å². The molecule has 0 saturated heterocycles. The minimum Gasteiger partial charge on any atom is -0.493 e. The van der Waals surface area contributed by atoms with Gasteiger partial charge in [0, 0.05) is 6.04 Å². The topological polar surface area (TPSA) is 47.6 Å². The Morgan fingerprint density at radius 2 is 1.83 bits per heavy atom. The number of halogens is 1. The highest BCUT2D eigenvalue weighted by atomic mass is 79.9. The van der Waals surface area contributed by atoms with Crippen molar-refractivity contribution in [1.82, 2.24) is 4.72 Å². The molecule has 0 aliphatic carbocycles. The Kier molecular flexibility index (Phi) is 7.55. The van der Waals surface area contributed by atoms with Gasteiger partial charge in [-0.15, -0.1) is 0 Å². The van der Waals surface area contributed by atoms with E-state index in [1.165, 1.54) is 0 Å². The van der Waals surface area contributed by atoms with E-state index >= 15 is 0 Å². The van der Waals surface area contributed by atoms with Crippen LogP contribution in [-0.2, 0) is 11.0 Å². The van der Waals surface area contributed by atoms with E-state index in [1.807, 2.05) is 54.5 Å². The van der Waals surface area contributed by atoms with E-state index in [9.17, 15) is 4.21 Å². The molecule has 2 atom stereocenters. The molecule has 0 aliphatic heterocycles. The highest BCUT2D eigenvalue weighted by Gasteiger charge is 2.24. The van der Waals surface area contributed by atoms with Gasteiger partial charge < -0.3 is 9.47 Å². The van der Waals surface area contributed by atoms with Gasteiger partial charge >= 0.3 is 0 Å². The monoisotopic (exact) mass is 405 g/mol. The summed E-state index contributed by atoms with van der Waals surface area (Å²) < 4.78 is 27.6. The Labute approximate surface area is 151 Å². The van der Waals surface area contributed by atoms with Gasteiger partial charge in [0.1, 0.15) is 16.0 Å². The predicted octanol–water partition coefficient (Wildman–Crippen LogP) is 4.67. The van der Waals surface area contributed by atoms with E-state index in [-0.39, 0.29) is 10.8 Å². The summed E-state index contributed by atoms with van der Waals surface area (Å²) in [6.07, 6.45) is 0. The fourth-order valence-electron chi connectivity index (χ4n) is 2.15. The smallest absolute Gasteiger partial charge is 0.140 e. The molecule has 0 bridgehead atoms. The van der Waals surface area contributed by atoms with Crippen molar-refractivity contribution in [1.29, 1.82) is 0 Å². The second-order valence-electron chi connectivity index (χ2n) is 6.32. The van der Waals surface area contributed by atoms with Gasteiger partial charge in [0.25, 0.3) is 0 Å². The third-order valence-electron chi connectivity index (χ3n) is 3.37. The van der Waals surface area contributed by atoms with E-state index in [4.69, 9.17) is 9.47 Å². The fourth-order valence-corrected chi connectivity index (χ4v) is 3.59. The molecule has 0 unspecified atom stereocenters. The van der Waals surface area contributed by atoms with Gasteiger partial charge in [0.15, 0.2) is 0 Å². The van der Waals surface area contributed by atoms with E-state index in [2.05, 4.69) is 20.7 Å². The van der Waals surface area contributed by atoms with Crippen molar-refractivity contribution in [2.45, 2.75) is 59.3 Å². The first-order valence-corrected chi connectivity index (χ1v) is 9.84.